The highest BCUT2D eigenvalue weighted by atomic mass is 79.9. The number of hydrogen-bond acceptors (Lipinski definition) is 2. The fourth-order valence-electron chi connectivity index (χ4n) is 3.08. The van der Waals surface area contributed by atoms with E-state index in [1.165, 1.54) is 6.07 Å². The number of carbonyl (C=O) groups excluding carboxylic acids is 1. The monoisotopic (exact) mass is 362 g/mol. The van der Waals surface area contributed by atoms with Gasteiger partial charge in [0.15, 0.2) is 0 Å². The summed E-state index contributed by atoms with van der Waals surface area (Å²) in [6, 6.07) is 4.51. The Morgan fingerprint density at radius 1 is 1.40 bits per heavy atom. The second-order valence-corrected chi connectivity index (χ2v) is 6.44. The van der Waals surface area contributed by atoms with Gasteiger partial charge < -0.3 is 10.2 Å². The van der Waals surface area contributed by atoms with Gasteiger partial charge in [-0.2, -0.15) is 0 Å². The van der Waals surface area contributed by atoms with Crippen molar-refractivity contribution in [3.05, 3.63) is 34.1 Å². The van der Waals surface area contributed by atoms with Gasteiger partial charge in [-0.1, -0.05) is 15.9 Å². The van der Waals surface area contributed by atoms with Crippen LogP contribution in [0.5, 0.6) is 0 Å². The first kappa shape index (κ1) is 15.7. The molecule has 0 aliphatic carbocycles. The quantitative estimate of drug-likeness (QED) is 0.832. The van der Waals surface area contributed by atoms with Crippen LogP contribution in [0.4, 0.5) is 4.39 Å². The molecule has 1 aromatic rings. The predicted molar refractivity (Wildman–Crippen MR) is 81.8 cm³/mol. The average molecular weight is 364 g/mol. The van der Waals surface area contributed by atoms with E-state index in [1.807, 2.05) is 0 Å². The molecule has 1 amide bonds. The maximum absolute atomic E-state index is 13.8. The molecule has 3 nitrogen and oxygen atoms in total. The van der Waals surface area contributed by atoms with E-state index in [0.29, 0.717) is 0 Å². The molecule has 110 valence electrons. The van der Waals surface area contributed by atoms with Crippen LogP contribution in [0.25, 0.3) is 0 Å². The summed E-state index contributed by atoms with van der Waals surface area (Å²) in [5.41, 5.74) is 0.385. The number of halogens is 3. The lowest BCUT2D eigenvalue weighted by atomic mass is 9.86. The maximum atomic E-state index is 13.8. The van der Waals surface area contributed by atoms with Crippen LogP contribution in [0.2, 0.25) is 0 Å². The summed E-state index contributed by atoms with van der Waals surface area (Å²) in [7, 11) is 0. The Bertz CT molecular complexity index is 520. The maximum Gasteiger partial charge on any atom is 0.256 e. The summed E-state index contributed by atoms with van der Waals surface area (Å²) in [6.45, 7) is 3.46. The van der Waals surface area contributed by atoms with E-state index < -0.39 is 5.82 Å². The smallest absolute Gasteiger partial charge is 0.256 e. The first-order chi connectivity index (χ1) is 9.10. The molecular formula is C14H17BrClFN2O. The number of rotatable bonds is 1. The zero-order valence-electron chi connectivity index (χ0n) is 11.0. The predicted octanol–water partition coefficient (Wildman–Crippen LogP) is 2.84. The molecule has 0 radical (unpaired) electrons. The lowest BCUT2D eigenvalue weighted by molar-refractivity contribution is 0.0771. The number of benzene rings is 1. The van der Waals surface area contributed by atoms with Gasteiger partial charge in [-0.3, -0.25) is 4.79 Å². The van der Waals surface area contributed by atoms with Gasteiger partial charge in [0.2, 0.25) is 0 Å². The molecule has 20 heavy (non-hydrogen) atoms. The van der Waals surface area contributed by atoms with E-state index in [0.717, 1.165) is 43.5 Å². The Hall–Kier alpha value is -0.650. The van der Waals surface area contributed by atoms with Gasteiger partial charge in [0, 0.05) is 29.5 Å². The van der Waals surface area contributed by atoms with Gasteiger partial charge in [0.1, 0.15) is 5.82 Å². The molecule has 2 aliphatic rings. The van der Waals surface area contributed by atoms with Crippen LogP contribution in [0, 0.1) is 11.2 Å². The van der Waals surface area contributed by atoms with Gasteiger partial charge in [-0.05, 0) is 37.6 Å². The normalized spacial score (nSPS) is 25.0. The number of hydrogen-bond donors (Lipinski definition) is 1. The van der Waals surface area contributed by atoms with Crippen molar-refractivity contribution in [1.29, 1.82) is 0 Å². The van der Waals surface area contributed by atoms with Crippen molar-refractivity contribution < 1.29 is 9.18 Å². The number of carbonyl (C=O) groups is 1. The number of amides is 1. The molecule has 2 saturated heterocycles. The Balaban J connectivity index is 0.00000147. The SMILES string of the molecule is Cl.O=C(c1cc(Br)ccc1F)N1CCC2(CCNC2)C1. The molecule has 0 bridgehead atoms. The summed E-state index contributed by atoms with van der Waals surface area (Å²) in [6.07, 6.45) is 2.12. The molecule has 6 heteroatoms. The third-order valence-electron chi connectivity index (χ3n) is 4.22. The van der Waals surface area contributed by atoms with Crippen molar-refractivity contribution in [3.8, 4) is 0 Å². The second kappa shape index (κ2) is 6.00. The summed E-state index contributed by atoms with van der Waals surface area (Å²) in [5, 5.41) is 3.36. The Labute approximate surface area is 132 Å². The van der Waals surface area contributed by atoms with E-state index in [-0.39, 0.29) is 29.3 Å². The Kier molecular flexibility index (Phi) is 4.72. The van der Waals surface area contributed by atoms with Crippen LogP contribution in [0.3, 0.4) is 0 Å². The van der Waals surface area contributed by atoms with Crippen LogP contribution >= 0.6 is 28.3 Å². The molecule has 0 aromatic heterocycles. The molecule has 1 N–H and O–H groups in total. The van der Waals surface area contributed by atoms with Crippen LogP contribution in [-0.2, 0) is 0 Å². The lowest BCUT2D eigenvalue weighted by Crippen LogP contribution is -2.33. The molecule has 0 saturated carbocycles. The number of nitrogens with one attached hydrogen (secondary N) is 1. The van der Waals surface area contributed by atoms with Crippen LogP contribution in [0.15, 0.2) is 22.7 Å². The van der Waals surface area contributed by atoms with E-state index in [2.05, 4.69) is 21.2 Å². The molecule has 1 spiro atoms. The van der Waals surface area contributed by atoms with E-state index in [4.69, 9.17) is 0 Å². The molecule has 3 rings (SSSR count). The second-order valence-electron chi connectivity index (χ2n) is 5.53. The average Bonchev–Trinajstić information content (AvgIpc) is 3.03. The summed E-state index contributed by atoms with van der Waals surface area (Å²) >= 11 is 3.29. The molecule has 2 heterocycles. The molecular weight excluding hydrogens is 347 g/mol. The molecule has 2 aliphatic heterocycles. The zero-order valence-corrected chi connectivity index (χ0v) is 13.4. The first-order valence-electron chi connectivity index (χ1n) is 6.55. The zero-order chi connectivity index (χ0) is 13.5. The van der Waals surface area contributed by atoms with Gasteiger partial charge in [-0.15, -0.1) is 12.4 Å². The van der Waals surface area contributed by atoms with Gasteiger partial charge in [-0.25, -0.2) is 4.39 Å². The fraction of sp³-hybridized carbons (Fsp3) is 0.500. The minimum Gasteiger partial charge on any atom is -0.338 e. The van der Waals surface area contributed by atoms with Crippen molar-refractivity contribution in [2.75, 3.05) is 26.2 Å². The largest absolute Gasteiger partial charge is 0.338 e. The van der Waals surface area contributed by atoms with Crippen LogP contribution < -0.4 is 5.32 Å². The van der Waals surface area contributed by atoms with Crippen molar-refractivity contribution in [3.63, 3.8) is 0 Å². The Morgan fingerprint density at radius 3 is 2.90 bits per heavy atom. The van der Waals surface area contributed by atoms with E-state index >= 15 is 0 Å². The minimum absolute atomic E-state index is 0. The standard InChI is InChI=1S/C14H16BrFN2O.ClH/c15-10-1-2-12(16)11(7-10)13(19)18-6-4-14(9-18)3-5-17-8-14;/h1-2,7,17H,3-6,8-9H2;1H. The van der Waals surface area contributed by atoms with E-state index in [9.17, 15) is 9.18 Å². The number of nitrogens with zero attached hydrogens (tertiary/aromatic N) is 1. The minimum atomic E-state index is -0.446. The Morgan fingerprint density at radius 2 is 2.20 bits per heavy atom. The highest BCUT2D eigenvalue weighted by molar-refractivity contribution is 9.10. The van der Waals surface area contributed by atoms with Gasteiger partial charge in [0.05, 0.1) is 5.56 Å². The van der Waals surface area contributed by atoms with E-state index in [1.54, 1.807) is 17.0 Å². The number of likely N-dealkylation sites (tertiary alicyclic amines) is 1. The van der Waals surface area contributed by atoms with Crippen molar-refractivity contribution >= 4 is 34.2 Å². The van der Waals surface area contributed by atoms with Crippen LogP contribution in [0.1, 0.15) is 23.2 Å². The summed E-state index contributed by atoms with van der Waals surface area (Å²) in [5.74, 6) is -0.638. The third-order valence-corrected chi connectivity index (χ3v) is 4.71. The third kappa shape index (κ3) is 2.85. The highest BCUT2D eigenvalue weighted by Gasteiger charge is 2.42. The van der Waals surface area contributed by atoms with Gasteiger partial charge >= 0.3 is 0 Å². The summed E-state index contributed by atoms with van der Waals surface area (Å²) in [4.78, 5) is 14.2. The van der Waals surface area contributed by atoms with Crippen molar-refractivity contribution in [2.45, 2.75) is 12.8 Å². The van der Waals surface area contributed by atoms with Gasteiger partial charge in [0.25, 0.3) is 5.91 Å². The summed E-state index contributed by atoms with van der Waals surface area (Å²) < 4.78 is 14.5. The molecule has 1 aromatic carbocycles. The highest BCUT2D eigenvalue weighted by Crippen LogP contribution is 2.36. The topological polar surface area (TPSA) is 32.3 Å². The molecule has 1 unspecified atom stereocenters. The van der Waals surface area contributed by atoms with Crippen LogP contribution in [-0.4, -0.2) is 37.0 Å². The van der Waals surface area contributed by atoms with Crippen molar-refractivity contribution in [1.82, 2.24) is 10.2 Å². The lowest BCUT2D eigenvalue weighted by Gasteiger charge is -2.23. The first-order valence-corrected chi connectivity index (χ1v) is 7.34. The fourth-order valence-corrected chi connectivity index (χ4v) is 3.45. The molecule has 1 atom stereocenters. The molecule has 2 fully saturated rings. The van der Waals surface area contributed by atoms with Crippen molar-refractivity contribution in [2.24, 2.45) is 5.41 Å².